The van der Waals surface area contributed by atoms with Crippen LogP contribution < -0.4 is 99.8 Å². The summed E-state index contributed by atoms with van der Waals surface area (Å²) in [7, 11) is -14.9. The number of carbonyl (C=O) groups excluding carboxylic acids is 1. The smallest absolute Gasteiger partial charge is 0.744 e. The molecule has 1 aliphatic rings. The molecule has 0 saturated carbocycles. The summed E-state index contributed by atoms with van der Waals surface area (Å²) >= 11 is 0. The monoisotopic (exact) mass is 877 g/mol. The summed E-state index contributed by atoms with van der Waals surface area (Å²) in [6.07, 6.45) is 0.844. The minimum atomic E-state index is -5.02. The number of hydrogen-bond acceptors (Lipinski definition) is 17. The summed E-state index contributed by atoms with van der Waals surface area (Å²) in [6, 6.07) is 24.8. The third kappa shape index (κ3) is 10.7. The average Bonchev–Trinajstić information content (AvgIpc) is 3.15. The van der Waals surface area contributed by atoms with Crippen LogP contribution in [0.15, 0.2) is 151 Å². The molecule has 0 amide bonds. The molecule has 0 atom stereocenters. The fourth-order valence-electron chi connectivity index (χ4n) is 5.75. The van der Waals surface area contributed by atoms with Gasteiger partial charge in [0.15, 0.2) is 0 Å². The molecule has 0 heterocycles. The molecular weight excluding hydrogens is 856 g/mol. The minimum absolute atomic E-state index is 0. The summed E-state index contributed by atoms with van der Waals surface area (Å²) in [6.45, 7) is 0. The van der Waals surface area contributed by atoms with Crippen molar-refractivity contribution in [1.82, 2.24) is 0 Å². The van der Waals surface area contributed by atoms with Crippen LogP contribution in [0.3, 0.4) is 0 Å². The van der Waals surface area contributed by atoms with E-state index in [1.807, 2.05) is 0 Å². The second-order valence-corrected chi connectivity index (χ2v) is 16.1. The van der Waals surface area contributed by atoms with Crippen molar-refractivity contribution in [2.45, 2.75) is 9.79 Å². The van der Waals surface area contributed by atoms with Gasteiger partial charge in [0.25, 0.3) is 0 Å². The number of nitrogen functional groups attached to an aromatic ring is 1. The van der Waals surface area contributed by atoms with E-state index >= 15 is 0 Å². The van der Waals surface area contributed by atoms with E-state index in [9.17, 15) is 43.7 Å². The zero-order valence-corrected chi connectivity index (χ0v) is 39.5. The van der Waals surface area contributed by atoms with Crippen molar-refractivity contribution in [2.24, 2.45) is 25.6 Å². The van der Waals surface area contributed by atoms with Gasteiger partial charge in [-0.3, -0.25) is 10.2 Å². The van der Waals surface area contributed by atoms with Crippen molar-refractivity contribution in [3.63, 3.8) is 0 Å². The van der Waals surface area contributed by atoms with Crippen LogP contribution >= 0.6 is 0 Å². The van der Waals surface area contributed by atoms with Crippen LogP contribution in [-0.4, -0.2) is 50.4 Å². The molecule has 6 aromatic rings. The number of carbonyl (C=O) groups is 1. The Balaban J connectivity index is 0.00000256. The van der Waals surface area contributed by atoms with Gasteiger partial charge in [-0.2, -0.15) is 10.2 Å². The van der Waals surface area contributed by atoms with Crippen molar-refractivity contribution in [1.29, 1.82) is 0 Å². The van der Waals surface area contributed by atoms with Crippen molar-refractivity contribution in [3.05, 3.63) is 126 Å². The van der Waals surface area contributed by atoms with Crippen LogP contribution in [0, 0.1) is 0 Å². The van der Waals surface area contributed by atoms with E-state index in [0.29, 0.717) is 16.8 Å². The van der Waals surface area contributed by atoms with Gasteiger partial charge in [0, 0.05) is 38.4 Å². The number of anilines is 2. The zero-order valence-electron chi connectivity index (χ0n) is 31.1. The largest absolute Gasteiger partial charge is 1.00 e. The Hall–Kier alpha value is -3.55. The van der Waals surface area contributed by atoms with Crippen LogP contribution in [0.1, 0.15) is 15.9 Å². The van der Waals surface area contributed by atoms with Crippen molar-refractivity contribution >= 4 is 102 Å². The second-order valence-electron chi connectivity index (χ2n) is 12.0. The van der Waals surface area contributed by atoms with Gasteiger partial charge in [0.05, 0.1) is 43.1 Å². The quantitative estimate of drug-likeness (QED) is 0.0514. The van der Waals surface area contributed by atoms with Gasteiger partial charge in [-0.1, -0.05) is 36.4 Å². The molecule has 59 heavy (non-hydrogen) atoms. The average molecular weight is 878 g/mol. The summed E-state index contributed by atoms with van der Waals surface area (Å²) in [5.41, 5.74) is 9.32. The number of ketones is 1. The second kappa shape index (κ2) is 19.0. The number of hydrogen-bond donors (Lipinski definition) is 2. The van der Waals surface area contributed by atoms with Crippen LogP contribution in [0.4, 0.5) is 34.1 Å². The number of fused-ring (bicyclic) bond motifs is 3. The number of benzene rings is 6. The number of nitrogens with zero attached hydrogens (tertiary/aromatic N) is 5. The van der Waals surface area contributed by atoms with E-state index in [2.05, 4.69) is 31.0 Å². The third-order valence-electron chi connectivity index (χ3n) is 8.42. The Morgan fingerprint density at radius 3 is 1.58 bits per heavy atom. The zero-order chi connectivity index (χ0) is 40.0. The van der Waals surface area contributed by atoms with E-state index in [-0.39, 0.29) is 139 Å². The van der Waals surface area contributed by atoms with Gasteiger partial charge in [0.1, 0.15) is 36.1 Å². The maximum absolute atomic E-state index is 13.2. The van der Waals surface area contributed by atoms with Crippen molar-refractivity contribution < 1.29 is 132 Å². The topological polar surface area (TPSA) is 289 Å². The number of nitrogens with one attached hydrogen (secondary N) is 1. The predicted molar refractivity (Wildman–Crippen MR) is 203 cm³/mol. The molecule has 7 rings (SSSR count). The molecule has 6 aromatic carbocycles. The van der Waals surface area contributed by atoms with Crippen LogP contribution in [0.2, 0.25) is 0 Å². The molecule has 0 saturated heterocycles. The molecule has 0 aromatic heterocycles. The van der Waals surface area contributed by atoms with Gasteiger partial charge in [-0.15, -0.1) is 15.3 Å². The van der Waals surface area contributed by atoms with Crippen LogP contribution in [-0.2, 0) is 30.4 Å². The molecule has 23 heteroatoms. The first-order valence-electron chi connectivity index (χ1n) is 15.9. The van der Waals surface area contributed by atoms with E-state index < -0.39 is 56.5 Å². The Morgan fingerprint density at radius 1 is 0.525 bits per heavy atom. The molecule has 0 spiro atoms. The summed E-state index contributed by atoms with van der Waals surface area (Å²) < 4.78 is 108. The predicted octanol–water partition coefficient (Wildman–Crippen LogP) is -2.22. The SMILES string of the molecule is Nc1ccc(N=Nc2ccc(N=Nc3ccc(N/N=C4\C=C(S(=O)(=O)[O-])c5ccccc5C4=O)c4ccc(S(=O)(=O)[O-])cc34)c3ccc(S(=O)(=O)[O-])cc23)cc1.[Na+].[Na+].[Na+]. The molecule has 0 bridgehead atoms. The standard InChI is InChI=1S/C36H25N7O10S3.3Na/c37-20-5-7-21(8-6-20)38-39-32-15-13-30(24-11-9-22(17-28(24)32)54(45,46)47)40-42-33-16-14-31(25-12-10-23(18-29(25)33)55(48,49)50)41-43-34-19-35(56(51,52)53)26-3-1-2-4-27(26)36(34)44;;;/h1-19,41H,37H2,(H,45,46,47)(H,48,49,50)(H,51,52,53);;;/q;3*+1/p-3/b39-38?,42-40?,43-34+;;;. The molecule has 282 valence electrons. The van der Waals surface area contributed by atoms with E-state index in [4.69, 9.17) is 5.73 Å². The molecule has 0 unspecified atom stereocenters. The Kier molecular flexibility index (Phi) is 15.5. The van der Waals surface area contributed by atoms with E-state index in [1.54, 1.807) is 24.3 Å². The first-order valence-corrected chi connectivity index (χ1v) is 20.1. The third-order valence-corrected chi connectivity index (χ3v) is 11.0. The Labute approximate surface area is 403 Å². The van der Waals surface area contributed by atoms with Crippen LogP contribution in [0.25, 0.3) is 26.5 Å². The van der Waals surface area contributed by atoms with E-state index in [1.165, 1.54) is 60.7 Å². The Morgan fingerprint density at radius 2 is 1.02 bits per heavy atom. The van der Waals surface area contributed by atoms with Gasteiger partial charge >= 0.3 is 88.7 Å². The number of hydrazone groups is 1. The molecule has 1 aliphatic carbocycles. The Bertz CT molecular complexity index is 3130. The normalized spacial score (nSPS) is 13.8. The maximum atomic E-state index is 13.2. The van der Waals surface area contributed by atoms with Gasteiger partial charge in [0.2, 0.25) is 5.78 Å². The van der Waals surface area contributed by atoms with Gasteiger partial charge in [-0.05, 0) is 78.9 Å². The van der Waals surface area contributed by atoms with Gasteiger partial charge in [-0.25, -0.2) is 25.3 Å². The molecular formula is C36H22N7Na3O10S3. The minimum Gasteiger partial charge on any atom is -0.744 e. The summed E-state index contributed by atoms with van der Waals surface area (Å²) in [5.74, 6) is -0.681. The fourth-order valence-corrected chi connectivity index (χ4v) is 7.45. The maximum Gasteiger partial charge on any atom is 1.00 e. The van der Waals surface area contributed by atoms with Crippen LogP contribution in [0.5, 0.6) is 0 Å². The molecule has 0 radical (unpaired) electrons. The summed E-state index contributed by atoms with van der Waals surface area (Å²) in [4.78, 5) is 11.4. The van der Waals surface area contributed by atoms with Crippen molar-refractivity contribution in [3.8, 4) is 0 Å². The number of Topliss-reactive ketones (excluding diaryl/α,β-unsaturated/α-hetero) is 1. The first-order chi connectivity index (χ1) is 26.5. The number of azo groups is 2. The number of nitrogens with two attached hydrogens (primary N) is 1. The number of rotatable bonds is 9. The fraction of sp³-hybridized carbons (Fsp3) is 0. The summed E-state index contributed by atoms with van der Waals surface area (Å²) in [5, 5.41) is 21.9. The molecule has 17 nitrogen and oxygen atoms in total. The first kappa shape index (κ1) is 48.1. The van der Waals surface area contributed by atoms with Crippen molar-refractivity contribution in [2.75, 3.05) is 11.2 Å². The van der Waals surface area contributed by atoms with E-state index in [0.717, 1.165) is 30.3 Å². The van der Waals surface area contributed by atoms with Gasteiger partial charge < -0.3 is 19.4 Å². The molecule has 3 N–H and O–H groups in total. The number of allylic oxidation sites excluding steroid dienone is 1. The molecule has 0 aliphatic heterocycles. The molecule has 0 fully saturated rings.